The third kappa shape index (κ3) is 6.17. The average molecular weight is 478 g/mol. The second-order valence-electron chi connectivity index (χ2n) is 8.63. The molecule has 3 rings (SSSR count). The summed E-state index contributed by atoms with van der Waals surface area (Å²) in [5, 5.41) is 3.72. The van der Waals surface area contributed by atoms with Crippen LogP contribution < -0.4 is 4.72 Å². The molecular formula is C22H31N5O5S. The van der Waals surface area contributed by atoms with E-state index < -0.39 is 22.0 Å². The van der Waals surface area contributed by atoms with E-state index in [0.29, 0.717) is 25.8 Å². The summed E-state index contributed by atoms with van der Waals surface area (Å²) >= 11 is 0. The van der Waals surface area contributed by atoms with Crippen LogP contribution in [-0.2, 0) is 26.2 Å². The fourth-order valence-corrected chi connectivity index (χ4v) is 5.79. The third-order valence-electron chi connectivity index (χ3n) is 5.87. The van der Waals surface area contributed by atoms with E-state index in [4.69, 9.17) is 4.52 Å². The number of amides is 2. The first kappa shape index (κ1) is 24.8. The summed E-state index contributed by atoms with van der Waals surface area (Å²) in [5.74, 6) is -0.531. The van der Waals surface area contributed by atoms with Gasteiger partial charge in [0.1, 0.15) is 10.6 Å². The number of carbonyl (C=O) groups is 2. The van der Waals surface area contributed by atoms with Gasteiger partial charge >= 0.3 is 0 Å². The van der Waals surface area contributed by atoms with Gasteiger partial charge in [0.05, 0.1) is 0 Å². The highest BCUT2D eigenvalue weighted by atomic mass is 32.2. The number of aryl methyl sites for hydroxylation is 2. The van der Waals surface area contributed by atoms with E-state index in [-0.39, 0.29) is 41.1 Å². The van der Waals surface area contributed by atoms with Crippen molar-refractivity contribution in [2.45, 2.75) is 57.0 Å². The van der Waals surface area contributed by atoms with Gasteiger partial charge in [-0.2, -0.15) is 0 Å². The van der Waals surface area contributed by atoms with Crippen molar-refractivity contribution in [1.82, 2.24) is 24.7 Å². The first-order chi connectivity index (χ1) is 15.6. The molecule has 2 aromatic heterocycles. The number of rotatable bonds is 6. The quantitative estimate of drug-likeness (QED) is 0.670. The monoisotopic (exact) mass is 477 g/mol. The van der Waals surface area contributed by atoms with Gasteiger partial charge in [-0.25, -0.2) is 13.1 Å². The van der Waals surface area contributed by atoms with Gasteiger partial charge in [0.15, 0.2) is 5.76 Å². The van der Waals surface area contributed by atoms with Crippen LogP contribution in [-0.4, -0.2) is 66.9 Å². The summed E-state index contributed by atoms with van der Waals surface area (Å²) in [4.78, 5) is 33.1. The Kier molecular flexibility index (Phi) is 7.85. The van der Waals surface area contributed by atoms with Gasteiger partial charge < -0.3 is 14.3 Å². The van der Waals surface area contributed by atoms with Crippen molar-refractivity contribution in [3.63, 3.8) is 0 Å². The Hall–Kier alpha value is -2.79. The molecule has 1 aliphatic heterocycles. The fraction of sp³-hybridized carbons (Fsp3) is 0.545. The summed E-state index contributed by atoms with van der Waals surface area (Å²) in [5.41, 5.74) is 1.20. The SMILES string of the molecule is Cc1noc(C)c1S(=O)(=O)NC1CCCC(C(=O)N(C)Cc2cccnc2)CC(=O)N(C)C1. The summed E-state index contributed by atoms with van der Waals surface area (Å²) in [7, 11) is -0.512. The Morgan fingerprint density at radius 3 is 2.73 bits per heavy atom. The van der Waals surface area contributed by atoms with E-state index >= 15 is 0 Å². The van der Waals surface area contributed by atoms with Gasteiger partial charge in [-0.05, 0) is 38.3 Å². The molecule has 1 aliphatic rings. The molecule has 1 fully saturated rings. The minimum Gasteiger partial charge on any atom is -0.360 e. The van der Waals surface area contributed by atoms with Crippen molar-refractivity contribution in [2.24, 2.45) is 5.92 Å². The number of hydrogen-bond acceptors (Lipinski definition) is 7. The van der Waals surface area contributed by atoms with Crippen LogP contribution in [0.4, 0.5) is 0 Å². The van der Waals surface area contributed by atoms with Crippen molar-refractivity contribution >= 4 is 21.8 Å². The molecule has 0 aromatic carbocycles. The molecule has 0 aliphatic carbocycles. The average Bonchev–Trinajstić information content (AvgIpc) is 3.13. The maximum Gasteiger partial charge on any atom is 0.246 e. The lowest BCUT2D eigenvalue weighted by molar-refractivity contribution is -0.140. The van der Waals surface area contributed by atoms with Crippen molar-refractivity contribution in [3.05, 3.63) is 41.5 Å². The number of sulfonamides is 1. The molecule has 2 amide bonds. The number of pyridine rings is 1. The van der Waals surface area contributed by atoms with Crippen LogP contribution in [0, 0.1) is 19.8 Å². The molecule has 3 heterocycles. The first-order valence-electron chi connectivity index (χ1n) is 10.9. The van der Waals surface area contributed by atoms with Crippen LogP contribution in [0.25, 0.3) is 0 Å². The minimum absolute atomic E-state index is 0.0291. The maximum atomic E-state index is 13.1. The van der Waals surface area contributed by atoms with Gasteiger partial charge in [0.2, 0.25) is 21.8 Å². The molecular weight excluding hydrogens is 446 g/mol. The molecule has 0 radical (unpaired) electrons. The molecule has 10 nitrogen and oxygen atoms in total. The molecule has 11 heteroatoms. The van der Waals surface area contributed by atoms with Crippen LogP contribution >= 0.6 is 0 Å². The normalized spacial score (nSPS) is 20.1. The zero-order valence-electron chi connectivity index (χ0n) is 19.4. The second-order valence-corrected chi connectivity index (χ2v) is 10.3. The summed E-state index contributed by atoms with van der Waals surface area (Å²) in [6.07, 6.45) is 5.08. The van der Waals surface area contributed by atoms with Gasteiger partial charge in [-0.1, -0.05) is 17.6 Å². The number of nitrogens with one attached hydrogen (secondary N) is 1. The zero-order chi connectivity index (χ0) is 24.2. The minimum atomic E-state index is -3.86. The lowest BCUT2D eigenvalue weighted by Crippen LogP contribution is -2.44. The second kappa shape index (κ2) is 10.4. The molecule has 0 saturated carbocycles. The van der Waals surface area contributed by atoms with E-state index in [2.05, 4.69) is 14.9 Å². The maximum absolute atomic E-state index is 13.1. The third-order valence-corrected chi connectivity index (χ3v) is 7.64. The number of hydrogen-bond donors (Lipinski definition) is 1. The highest BCUT2D eigenvalue weighted by molar-refractivity contribution is 7.89. The summed E-state index contributed by atoms with van der Waals surface area (Å²) < 4.78 is 33.6. The van der Waals surface area contributed by atoms with Crippen molar-refractivity contribution in [1.29, 1.82) is 0 Å². The Bertz CT molecular complexity index is 1070. The molecule has 2 unspecified atom stereocenters. The standard InChI is InChI=1S/C22H31N5O5S/c1-15-21(16(2)32-24-15)33(30,31)25-19-9-5-8-18(11-20(28)26(3)14-19)22(29)27(4)13-17-7-6-10-23-12-17/h6-7,10,12,18-19,25H,5,8-9,11,13-14H2,1-4H3. The molecule has 180 valence electrons. The first-order valence-corrected chi connectivity index (χ1v) is 12.4. The fourth-order valence-electron chi connectivity index (χ4n) is 4.20. The highest BCUT2D eigenvalue weighted by Crippen LogP contribution is 2.23. The van der Waals surface area contributed by atoms with E-state index in [1.165, 1.54) is 4.90 Å². The van der Waals surface area contributed by atoms with Crippen molar-refractivity contribution < 1.29 is 22.5 Å². The summed E-state index contributed by atoms with van der Waals surface area (Å²) in [6.45, 7) is 3.74. The number of aromatic nitrogens is 2. The molecule has 0 spiro atoms. The van der Waals surface area contributed by atoms with Crippen LogP contribution in [0.2, 0.25) is 0 Å². The van der Waals surface area contributed by atoms with Crippen LogP contribution in [0.5, 0.6) is 0 Å². The Morgan fingerprint density at radius 2 is 2.09 bits per heavy atom. The predicted octanol–water partition coefficient (Wildman–Crippen LogP) is 1.64. The number of likely N-dealkylation sites (N-methyl/N-ethyl adjacent to an activating group) is 1. The molecule has 0 bridgehead atoms. The molecule has 1 N–H and O–H groups in total. The zero-order valence-corrected chi connectivity index (χ0v) is 20.3. The Balaban J connectivity index is 1.69. The van der Waals surface area contributed by atoms with E-state index in [1.54, 1.807) is 45.2 Å². The summed E-state index contributed by atoms with van der Waals surface area (Å²) in [6, 6.07) is 3.23. The lowest BCUT2D eigenvalue weighted by Gasteiger charge is -2.25. The van der Waals surface area contributed by atoms with E-state index in [9.17, 15) is 18.0 Å². The van der Waals surface area contributed by atoms with E-state index in [1.807, 2.05) is 12.1 Å². The number of nitrogens with zero attached hydrogens (tertiary/aromatic N) is 4. The predicted molar refractivity (Wildman–Crippen MR) is 120 cm³/mol. The van der Waals surface area contributed by atoms with Crippen LogP contribution in [0.3, 0.4) is 0 Å². The largest absolute Gasteiger partial charge is 0.360 e. The van der Waals surface area contributed by atoms with Crippen LogP contribution in [0.1, 0.15) is 42.7 Å². The Labute approximate surface area is 194 Å². The van der Waals surface area contributed by atoms with E-state index in [0.717, 1.165) is 5.56 Å². The number of carbonyl (C=O) groups excluding carboxylic acids is 2. The molecule has 33 heavy (non-hydrogen) atoms. The van der Waals surface area contributed by atoms with Crippen molar-refractivity contribution in [2.75, 3.05) is 20.6 Å². The van der Waals surface area contributed by atoms with Crippen LogP contribution in [0.15, 0.2) is 33.9 Å². The lowest BCUT2D eigenvalue weighted by atomic mass is 9.96. The molecule has 2 atom stereocenters. The van der Waals surface area contributed by atoms with Crippen molar-refractivity contribution in [3.8, 4) is 0 Å². The molecule has 2 aromatic rings. The highest BCUT2D eigenvalue weighted by Gasteiger charge is 2.32. The molecule has 1 saturated heterocycles. The smallest absolute Gasteiger partial charge is 0.246 e. The van der Waals surface area contributed by atoms with Gasteiger partial charge in [0, 0.05) is 58.0 Å². The Morgan fingerprint density at radius 1 is 1.33 bits per heavy atom. The van der Waals surface area contributed by atoms with Gasteiger partial charge in [-0.15, -0.1) is 0 Å². The van der Waals surface area contributed by atoms with Gasteiger partial charge in [0.25, 0.3) is 0 Å². The van der Waals surface area contributed by atoms with Gasteiger partial charge in [-0.3, -0.25) is 14.6 Å². The topological polar surface area (TPSA) is 126 Å².